The molecule has 0 spiro atoms. The van der Waals surface area contributed by atoms with Crippen molar-refractivity contribution >= 4 is 5.69 Å². The molecule has 0 saturated heterocycles. The van der Waals surface area contributed by atoms with E-state index >= 15 is 0 Å². The molecule has 0 bridgehead atoms. The van der Waals surface area contributed by atoms with Crippen molar-refractivity contribution in [2.24, 2.45) is 0 Å². The monoisotopic (exact) mass is 285 g/mol. The van der Waals surface area contributed by atoms with Gasteiger partial charge in [0, 0.05) is 12.8 Å². The molecule has 0 amide bonds. The molecule has 0 aliphatic carbocycles. The van der Waals surface area contributed by atoms with Crippen molar-refractivity contribution in [2.45, 2.75) is 33.3 Å². The number of ether oxygens (including phenoxy) is 2. The van der Waals surface area contributed by atoms with E-state index in [1.807, 2.05) is 64.1 Å². The molecule has 0 saturated carbocycles. The van der Waals surface area contributed by atoms with Crippen molar-refractivity contribution < 1.29 is 9.47 Å². The van der Waals surface area contributed by atoms with Crippen LogP contribution in [0.25, 0.3) is 0 Å². The van der Waals surface area contributed by atoms with Gasteiger partial charge in [0.1, 0.15) is 11.5 Å². The van der Waals surface area contributed by atoms with Gasteiger partial charge in [0.05, 0.1) is 5.60 Å². The van der Waals surface area contributed by atoms with Crippen LogP contribution in [0.15, 0.2) is 36.4 Å². The Morgan fingerprint density at radius 2 is 1.71 bits per heavy atom. The summed E-state index contributed by atoms with van der Waals surface area (Å²) in [5, 5.41) is 0. The summed E-state index contributed by atoms with van der Waals surface area (Å²) in [5.74, 6) is 1.62. The highest BCUT2D eigenvalue weighted by molar-refractivity contribution is 5.54. The van der Waals surface area contributed by atoms with Crippen molar-refractivity contribution in [1.82, 2.24) is 0 Å². The third-order valence-electron chi connectivity index (χ3n) is 3.83. The topological polar surface area (TPSA) is 44.5 Å². The Hall–Kier alpha value is -2.00. The number of aryl methyl sites for hydroxylation is 2. The third-order valence-corrected chi connectivity index (χ3v) is 3.83. The van der Waals surface area contributed by atoms with Crippen molar-refractivity contribution in [2.75, 3.05) is 12.8 Å². The van der Waals surface area contributed by atoms with E-state index in [4.69, 9.17) is 15.2 Å². The first-order valence-corrected chi connectivity index (χ1v) is 7.04. The van der Waals surface area contributed by atoms with Crippen LogP contribution in [-0.2, 0) is 10.3 Å². The maximum absolute atomic E-state index is 6.01. The van der Waals surface area contributed by atoms with E-state index in [0.29, 0.717) is 0 Å². The second-order valence-electron chi connectivity index (χ2n) is 5.82. The Balaban J connectivity index is 2.33. The standard InChI is InChI=1S/C18H23NO2/c1-12-10-17(13(2)9-16(12)19)21-15-8-6-7-14(11-15)18(3,4)20-5/h6-11H,19H2,1-5H3. The molecule has 0 fully saturated rings. The molecular weight excluding hydrogens is 262 g/mol. The smallest absolute Gasteiger partial charge is 0.130 e. The average molecular weight is 285 g/mol. The minimum atomic E-state index is -0.342. The van der Waals surface area contributed by atoms with Gasteiger partial charge in [-0.1, -0.05) is 12.1 Å². The number of nitrogen functional groups attached to an aromatic ring is 1. The molecule has 0 atom stereocenters. The summed E-state index contributed by atoms with van der Waals surface area (Å²) in [7, 11) is 1.71. The summed E-state index contributed by atoms with van der Waals surface area (Å²) < 4.78 is 11.5. The normalized spacial score (nSPS) is 11.5. The van der Waals surface area contributed by atoms with E-state index in [9.17, 15) is 0 Å². The third kappa shape index (κ3) is 3.37. The zero-order valence-corrected chi connectivity index (χ0v) is 13.4. The summed E-state index contributed by atoms with van der Waals surface area (Å²) >= 11 is 0. The van der Waals surface area contributed by atoms with Crippen LogP contribution >= 0.6 is 0 Å². The SMILES string of the molecule is COC(C)(C)c1cccc(Oc2cc(C)c(N)cc2C)c1. The van der Waals surface area contributed by atoms with Crippen LogP contribution in [-0.4, -0.2) is 7.11 Å². The summed E-state index contributed by atoms with van der Waals surface area (Å²) in [6.07, 6.45) is 0. The highest BCUT2D eigenvalue weighted by atomic mass is 16.5. The number of anilines is 1. The molecule has 0 aromatic heterocycles. The predicted octanol–water partition coefficient (Wildman–Crippen LogP) is 4.56. The van der Waals surface area contributed by atoms with Crippen molar-refractivity contribution in [3.05, 3.63) is 53.1 Å². The minimum absolute atomic E-state index is 0.342. The van der Waals surface area contributed by atoms with E-state index in [0.717, 1.165) is 33.9 Å². The van der Waals surface area contributed by atoms with Crippen LogP contribution in [0.1, 0.15) is 30.5 Å². The molecule has 3 nitrogen and oxygen atoms in total. The lowest BCUT2D eigenvalue weighted by molar-refractivity contribution is 0.0191. The maximum Gasteiger partial charge on any atom is 0.130 e. The van der Waals surface area contributed by atoms with E-state index in [2.05, 4.69) is 0 Å². The van der Waals surface area contributed by atoms with Gasteiger partial charge in [0.2, 0.25) is 0 Å². The van der Waals surface area contributed by atoms with E-state index in [1.165, 1.54) is 0 Å². The van der Waals surface area contributed by atoms with Crippen molar-refractivity contribution in [3.63, 3.8) is 0 Å². The first kappa shape index (κ1) is 15.4. The molecule has 0 aliphatic rings. The van der Waals surface area contributed by atoms with Crippen molar-refractivity contribution in [1.29, 1.82) is 0 Å². The molecule has 2 aromatic rings. The van der Waals surface area contributed by atoms with Gasteiger partial charge in [0.15, 0.2) is 0 Å². The second kappa shape index (κ2) is 5.78. The summed E-state index contributed by atoms with van der Waals surface area (Å²) in [6, 6.07) is 11.9. The number of benzene rings is 2. The second-order valence-corrected chi connectivity index (χ2v) is 5.82. The highest BCUT2D eigenvalue weighted by Gasteiger charge is 2.19. The molecule has 0 heterocycles. The first-order chi connectivity index (χ1) is 9.83. The van der Waals surface area contributed by atoms with E-state index in [1.54, 1.807) is 7.11 Å². The van der Waals surface area contributed by atoms with Gasteiger partial charge in [-0.05, 0) is 68.7 Å². The Morgan fingerprint density at radius 3 is 2.38 bits per heavy atom. The molecule has 0 aliphatic heterocycles. The van der Waals surface area contributed by atoms with Gasteiger partial charge < -0.3 is 15.2 Å². The quantitative estimate of drug-likeness (QED) is 0.837. The van der Waals surface area contributed by atoms with Crippen LogP contribution in [0.5, 0.6) is 11.5 Å². The lowest BCUT2D eigenvalue weighted by Gasteiger charge is -2.24. The van der Waals surface area contributed by atoms with Gasteiger partial charge in [-0.25, -0.2) is 0 Å². The summed E-state index contributed by atoms with van der Waals surface area (Å²) in [6.45, 7) is 8.04. The molecule has 112 valence electrons. The highest BCUT2D eigenvalue weighted by Crippen LogP contribution is 2.32. The molecule has 0 unspecified atom stereocenters. The fourth-order valence-corrected chi connectivity index (χ4v) is 2.10. The van der Waals surface area contributed by atoms with E-state index < -0.39 is 0 Å². The van der Waals surface area contributed by atoms with Gasteiger partial charge >= 0.3 is 0 Å². The molecule has 2 aromatic carbocycles. The average Bonchev–Trinajstić information content (AvgIpc) is 2.45. The Labute approximate surface area is 126 Å². The lowest BCUT2D eigenvalue weighted by atomic mass is 9.98. The number of rotatable bonds is 4. The van der Waals surface area contributed by atoms with Crippen molar-refractivity contribution in [3.8, 4) is 11.5 Å². The predicted molar refractivity (Wildman–Crippen MR) is 86.9 cm³/mol. The number of hydrogen-bond acceptors (Lipinski definition) is 3. The van der Waals surface area contributed by atoms with Gasteiger partial charge in [-0.2, -0.15) is 0 Å². The van der Waals surface area contributed by atoms with Crippen LogP contribution in [0.4, 0.5) is 5.69 Å². The van der Waals surface area contributed by atoms with Gasteiger partial charge in [-0.15, -0.1) is 0 Å². The number of nitrogens with two attached hydrogens (primary N) is 1. The fraction of sp³-hybridized carbons (Fsp3) is 0.333. The molecular formula is C18H23NO2. The van der Waals surface area contributed by atoms with Crippen LogP contribution in [0.2, 0.25) is 0 Å². The van der Waals surface area contributed by atoms with Crippen LogP contribution < -0.4 is 10.5 Å². The van der Waals surface area contributed by atoms with Crippen LogP contribution in [0.3, 0.4) is 0 Å². The van der Waals surface area contributed by atoms with Gasteiger partial charge in [-0.3, -0.25) is 0 Å². The molecule has 3 heteroatoms. The fourth-order valence-electron chi connectivity index (χ4n) is 2.10. The lowest BCUT2D eigenvalue weighted by Crippen LogP contribution is -2.19. The molecule has 2 rings (SSSR count). The zero-order valence-electron chi connectivity index (χ0n) is 13.4. The van der Waals surface area contributed by atoms with Crippen LogP contribution in [0, 0.1) is 13.8 Å². The minimum Gasteiger partial charge on any atom is -0.457 e. The number of hydrogen-bond donors (Lipinski definition) is 1. The van der Waals surface area contributed by atoms with E-state index in [-0.39, 0.29) is 5.60 Å². The maximum atomic E-state index is 6.01. The molecule has 0 radical (unpaired) electrons. The Morgan fingerprint density at radius 1 is 1.00 bits per heavy atom. The Bertz CT molecular complexity index is 648. The Kier molecular flexibility index (Phi) is 4.24. The first-order valence-electron chi connectivity index (χ1n) is 7.04. The van der Waals surface area contributed by atoms with Gasteiger partial charge in [0.25, 0.3) is 0 Å². The number of methoxy groups -OCH3 is 1. The summed E-state index contributed by atoms with van der Waals surface area (Å²) in [5.41, 5.74) is 9.47. The largest absolute Gasteiger partial charge is 0.457 e. The molecule has 2 N–H and O–H groups in total. The zero-order chi connectivity index (χ0) is 15.6. The molecule has 21 heavy (non-hydrogen) atoms. The summed E-state index contributed by atoms with van der Waals surface area (Å²) in [4.78, 5) is 0.